The minimum absolute atomic E-state index is 0.0320. The number of anilines is 2. The van der Waals surface area contributed by atoms with Crippen molar-refractivity contribution < 1.29 is 27.9 Å². The van der Waals surface area contributed by atoms with Crippen molar-refractivity contribution in [1.29, 1.82) is 0 Å². The second-order valence-electron chi connectivity index (χ2n) is 13.5. The summed E-state index contributed by atoms with van der Waals surface area (Å²) < 4.78 is 29.5. The molecule has 0 spiro atoms. The number of carbonyl (C=O) groups excluding carboxylic acids is 2. The number of sulfone groups is 1. The third kappa shape index (κ3) is 9.56. The molecule has 4 atom stereocenters. The molecule has 1 aromatic heterocycles. The molecule has 1 aliphatic carbocycles. The Morgan fingerprint density at radius 3 is 2.33 bits per heavy atom. The number of rotatable bonds is 12. The van der Waals surface area contributed by atoms with Crippen molar-refractivity contribution in [3.63, 3.8) is 0 Å². The molecule has 2 unspecified atom stereocenters. The van der Waals surface area contributed by atoms with Gasteiger partial charge in [-0.15, -0.1) is 0 Å². The number of nitrogens with one attached hydrogen (secondary N) is 3. The normalized spacial score (nSPS) is 21.8. The molecule has 45 heavy (non-hydrogen) atoms. The average Bonchev–Trinajstić information content (AvgIpc) is 2.98. The predicted molar refractivity (Wildman–Crippen MR) is 176 cm³/mol. The Morgan fingerprint density at radius 2 is 1.73 bits per heavy atom. The maximum atomic E-state index is 13.9. The number of ether oxygens (including phenoxy) is 1. The number of hydrogen-bond donors (Lipinski definition) is 4. The molecular formula is C33H49N5O6S. The van der Waals surface area contributed by atoms with Gasteiger partial charge in [0.05, 0.1) is 18.2 Å². The molecule has 11 nitrogen and oxygen atoms in total. The van der Waals surface area contributed by atoms with Crippen LogP contribution in [0.25, 0.3) is 0 Å². The first-order valence-electron chi connectivity index (χ1n) is 15.9. The minimum Gasteiger partial charge on any atom is -0.444 e. The monoisotopic (exact) mass is 643 g/mol. The fourth-order valence-corrected chi connectivity index (χ4v) is 6.63. The lowest BCUT2D eigenvalue weighted by Gasteiger charge is -2.53. The quantitative estimate of drug-likeness (QED) is 0.261. The van der Waals surface area contributed by atoms with E-state index in [1.165, 1.54) is 6.07 Å². The molecule has 2 saturated heterocycles. The van der Waals surface area contributed by atoms with Gasteiger partial charge in [0.25, 0.3) is 5.91 Å². The first kappa shape index (κ1) is 34.5. The van der Waals surface area contributed by atoms with Gasteiger partial charge in [0.1, 0.15) is 23.1 Å². The van der Waals surface area contributed by atoms with E-state index in [2.05, 4.69) is 20.9 Å². The number of piperidine rings is 2. The van der Waals surface area contributed by atoms with Crippen molar-refractivity contribution in [2.75, 3.05) is 22.8 Å². The third-order valence-corrected chi connectivity index (χ3v) is 9.20. The number of nitrogens with zero attached hydrogens (tertiary/aromatic N) is 2. The summed E-state index contributed by atoms with van der Waals surface area (Å²) in [6, 6.07) is 11.5. The predicted octanol–water partition coefficient (Wildman–Crippen LogP) is 4.59. The van der Waals surface area contributed by atoms with Crippen LogP contribution in [0.4, 0.5) is 16.4 Å². The van der Waals surface area contributed by atoms with E-state index < -0.39 is 45.6 Å². The van der Waals surface area contributed by atoms with Gasteiger partial charge in [0.15, 0.2) is 9.84 Å². The zero-order valence-electron chi connectivity index (χ0n) is 27.2. The number of aliphatic hydroxyl groups is 1. The highest BCUT2D eigenvalue weighted by Crippen LogP contribution is 2.42. The van der Waals surface area contributed by atoms with Gasteiger partial charge in [-0.3, -0.25) is 9.69 Å². The molecule has 3 aliphatic rings. The van der Waals surface area contributed by atoms with Gasteiger partial charge in [-0.1, -0.05) is 37.3 Å². The van der Waals surface area contributed by atoms with E-state index in [4.69, 9.17) is 4.74 Å². The van der Waals surface area contributed by atoms with Crippen LogP contribution in [-0.2, 0) is 21.0 Å². The maximum Gasteiger partial charge on any atom is 0.410 e. The van der Waals surface area contributed by atoms with Crippen molar-refractivity contribution in [2.24, 2.45) is 5.92 Å². The van der Waals surface area contributed by atoms with Crippen LogP contribution in [0.3, 0.4) is 0 Å². The third-order valence-electron chi connectivity index (χ3n) is 8.53. The standard InChI is InChI=1S/C33H49N5O6S/c1-7-21(2)35-28-19-24(18-27(37-28)34-20-45(6,42)43)31(40)36-26(17-22-11-9-8-10-12-22)30(39)29-23-13-15-25(16-14-23)38(29)32(41)44-33(3,4)5/h8-12,18-19,21,23,25-26,29-30,39H,7,13-17,20H2,1-6H3,(H,36,40)(H2,34,35,37)/t21?,23?,25?,26-,29+,30?/m0/s1. The molecule has 1 aromatic carbocycles. The summed E-state index contributed by atoms with van der Waals surface area (Å²) in [6.45, 7) is 9.49. The van der Waals surface area contributed by atoms with E-state index >= 15 is 0 Å². The minimum atomic E-state index is -3.35. The van der Waals surface area contributed by atoms with Crippen LogP contribution in [-0.4, -0.2) is 83.4 Å². The zero-order valence-corrected chi connectivity index (χ0v) is 28.1. The Balaban J connectivity index is 1.66. The lowest BCUT2D eigenvalue weighted by atomic mass is 9.71. The largest absolute Gasteiger partial charge is 0.444 e. The van der Waals surface area contributed by atoms with Crippen LogP contribution in [0.2, 0.25) is 0 Å². The fourth-order valence-electron chi connectivity index (χ4n) is 6.22. The SMILES string of the molecule is CCC(C)Nc1cc(C(=O)N[C@@H](Cc2ccccc2)C(O)[C@H]2C3CCC(CC3)N2C(=O)OC(C)(C)C)cc(NCS(C)(=O)=O)n1. The molecule has 2 aliphatic heterocycles. The van der Waals surface area contributed by atoms with Gasteiger partial charge in [0.2, 0.25) is 0 Å². The Hall–Kier alpha value is -3.38. The molecule has 248 valence electrons. The van der Waals surface area contributed by atoms with E-state index in [1.807, 2.05) is 65.0 Å². The average molecular weight is 644 g/mol. The summed E-state index contributed by atoms with van der Waals surface area (Å²) >= 11 is 0. The number of amides is 2. The van der Waals surface area contributed by atoms with Crippen LogP contribution < -0.4 is 16.0 Å². The Labute approximate surface area is 267 Å². The number of hydrogen-bond acceptors (Lipinski definition) is 9. The smallest absolute Gasteiger partial charge is 0.410 e. The van der Waals surface area contributed by atoms with E-state index in [9.17, 15) is 23.1 Å². The van der Waals surface area contributed by atoms with Crippen LogP contribution in [0.15, 0.2) is 42.5 Å². The van der Waals surface area contributed by atoms with Crippen molar-refractivity contribution in [3.05, 3.63) is 53.6 Å². The second kappa shape index (κ2) is 14.4. The lowest BCUT2D eigenvalue weighted by Crippen LogP contribution is -2.66. The highest BCUT2D eigenvalue weighted by molar-refractivity contribution is 7.90. The number of benzene rings is 1. The summed E-state index contributed by atoms with van der Waals surface area (Å²) in [5.74, 6) is -0.0504. The summed E-state index contributed by atoms with van der Waals surface area (Å²) in [4.78, 5) is 33.6. The molecule has 2 aromatic rings. The number of fused-ring (bicyclic) bond motifs is 3. The molecule has 2 amide bonds. The number of carbonyl (C=O) groups is 2. The van der Waals surface area contributed by atoms with E-state index in [0.29, 0.717) is 12.2 Å². The van der Waals surface area contributed by atoms with Gasteiger partial charge in [-0.05, 0) is 89.8 Å². The van der Waals surface area contributed by atoms with Gasteiger partial charge >= 0.3 is 6.09 Å². The van der Waals surface area contributed by atoms with Crippen molar-refractivity contribution >= 4 is 33.5 Å². The molecule has 4 N–H and O–H groups in total. The Morgan fingerprint density at radius 1 is 1.09 bits per heavy atom. The highest BCUT2D eigenvalue weighted by atomic mass is 32.2. The second-order valence-corrected chi connectivity index (χ2v) is 15.7. The number of pyridine rings is 1. The summed E-state index contributed by atoms with van der Waals surface area (Å²) in [7, 11) is -3.35. The van der Waals surface area contributed by atoms with Gasteiger partial charge in [-0.25, -0.2) is 18.2 Å². The molecule has 0 radical (unpaired) electrons. The number of aliphatic hydroxyl groups excluding tert-OH is 1. The van der Waals surface area contributed by atoms with Crippen molar-refractivity contribution in [3.8, 4) is 0 Å². The van der Waals surface area contributed by atoms with Crippen LogP contribution in [0, 0.1) is 5.92 Å². The van der Waals surface area contributed by atoms with E-state index in [0.717, 1.165) is 43.9 Å². The molecule has 12 heteroatoms. The summed E-state index contributed by atoms with van der Waals surface area (Å²) in [6.07, 6.45) is 4.25. The zero-order chi connectivity index (χ0) is 32.9. The van der Waals surface area contributed by atoms with Gasteiger partial charge in [-0.2, -0.15) is 0 Å². The first-order chi connectivity index (χ1) is 21.1. The van der Waals surface area contributed by atoms with Crippen LogP contribution in [0.1, 0.15) is 82.6 Å². The Kier molecular flexibility index (Phi) is 11.0. The Bertz CT molecular complexity index is 1420. The molecular weight excluding hydrogens is 594 g/mol. The molecule has 3 heterocycles. The molecule has 1 saturated carbocycles. The molecule has 5 rings (SSSR count). The van der Waals surface area contributed by atoms with Gasteiger partial charge < -0.3 is 25.8 Å². The van der Waals surface area contributed by atoms with E-state index in [-0.39, 0.29) is 35.3 Å². The summed E-state index contributed by atoms with van der Waals surface area (Å²) in [5.41, 5.74) is 0.494. The topological polar surface area (TPSA) is 150 Å². The molecule has 2 bridgehead atoms. The van der Waals surface area contributed by atoms with Crippen LogP contribution >= 0.6 is 0 Å². The van der Waals surface area contributed by atoms with Crippen molar-refractivity contribution in [1.82, 2.24) is 15.2 Å². The number of aromatic nitrogens is 1. The van der Waals surface area contributed by atoms with E-state index in [1.54, 1.807) is 11.0 Å². The van der Waals surface area contributed by atoms with Crippen molar-refractivity contribution in [2.45, 2.75) is 109 Å². The lowest BCUT2D eigenvalue weighted by molar-refractivity contribution is -0.0854. The van der Waals surface area contributed by atoms with Gasteiger partial charge in [0, 0.05) is 23.9 Å². The van der Waals surface area contributed by atoms with Crippen LogP contribution in [0.5, 0.6) is 0 Å². The molecule has 3 fully saturated rings. The first-order valence-corrected chi connectivity index (χ1v) is 17.9. The summed E-state index contributed by atoms with van der Waals surface area (Å²) in [5, 5.41) is 21.2. The maximum absolute atomic E-state index is 13.9. The fraction of sp³-hybridized carbons (Fsp3) is 0.606. The highest BCUT2D eigenvalue weighted by Gasteiger charge is 2.50.